The Morgan fingerprint density at radius 2 is 1.81 bits per heavy atom. The standard InChI is InChI=1S/C13H24N2O/c1-2-12(1)15(13-5-8-16-10-13)9-11-3-6-14-7-4-11/h11-14H,1-10H2. The van der Waals surface area contributed by atoms with Gasteiger partial charge in [0, 0.05) is 25.2 Å². The third kappa shape index (κ3) is 2.58. The van der Waals surface area contributed by atoms with E-state index in [0.29, 0.717) is 0 Å². The zero-order valence-electron chi connectivity index (χ0n) is 10.2. The summed E-state index contributed by atoms with van der Waals surface area (Å²) in [6, 6.07) is 1.64. The summed E-state index contributed by atoms with van der Waals surface area (Å²) in [6.07, 6.45) is 6.87. The molecule has 0 bridgehead atoms. The van der Waals surface area contributed by atoms with E-state index >= 15 is 0 Å². The Morgan fingerprint density at radius 3 is 2.44 bits per heavy atom. The zero-order valence-corrected chi connectivity index (χ0v) is 10.2. The van der Waals surface area contributed by atoms with Crippen LogP contribution >= 0.6 is 0 Å². The molecule has 1 unspecified atom stereocenters. The molecule has 3 heteroatoms. The van der Waals surface area contributed by atoms with E-state index in [1.165, 1.54) is 51.7 Å². The van der Waals surface area contributed by atoms with Crippen molar-refractivity contribution in [2.24, 2.45) is 5.92 Å². The van der Waals surface area contributed by atoms with E-state index in [0.717, 1.165) is 31.2 Å². The van der Waals surface area contributed by atoms with Crippen molar-refractivity contribution < 1.29 is 4.74 Å². The van der Waals surface area contributed by atoms with E-state index in [2.05, 4.69) is 10.2 Å². The van der Waals surface area contributed by atoms with Gasteiger partial charge in [0.05, 0.1) is 6.61 Å². The smallest absolute Gasteiger partial charge is 0.0622 e. The van der Waals surface area contributed by atoms with Gasteiger partial charge in [-0.1, -0.05) is 0 Å². The van der Waals surface area contributed by atoms with Gasteiger partial charge in [-0.15, -0.1) is 0 Å². The summed E-state index contributed by atoms with van der Waals surface area (Å²) >= 11 is 0. The summed E-state index contributed by atoms with van der Waals surface area (Å²) in [5, 5.41) is 3.46. The maximum atomic E-state index is 5.55. The minimum Gasteiger partial charge on any atom is -0.380 e. The van der Waals surface area contributed by atoms with E-state index in [1.54, 1.807) is 0 Å². The molecule has 2 saturated heterocycles. The zero-order chi connectivity index (χ0) is 10.8. The summed E-state index contributed by atoms with van der Waals surface area (Å²) in [5.74, 6) is 0.933. The lowest BCUT2D eigenvalue weighted by atomic mass is 9.96. The molecule has 92 valence electrons. The van der Waals surface area contributed by atoms with Crippen molar-refractivity contribution in [1.29, 1.82) is 0 Å². The fourth-order valence-corrected chi connectivity index (χ4v) is 3.15. The summed E-state index contributed by atoms with van der Waals surface area (Å²) in [6.45, 7) is 5.76. The maximum absolute atomic E-state index is 5.55. The van der Waals surface area contributed by atoms with Crippen LogP contribution in [0.3, 0.4) is 0 Å². The molecule has 1 N–H and O–H groups in total. The van der Waals surface area contributed by atoms with Gasteiger partial charge >= 0.3 is 0 Å². The van der Waals surface area contributed by atoms with Crippen LogP contribution in [0.5, 0.6) is 0 Å². The lowest BCUT2D eigenvalue weighted by Crippen LogP contribution is -2.43. The molecule has 3 aliphatic rings. The predicted molar refractivity (Wildman–Crippen MR) is 64.5 cm³/mol. The molecule has 1 aliphatic carbocycles. The first-order chi connectivity index (χ1) is 7.93. The first-order valence-corrected chi connectivity index (χ1v) is 6.97. The van der Waals surface area contributed by atoms with E-state index in [4.69, 9.17) is 4.74 Å². The molecule has 2 aliphatic heterocycles. The van der Waals surface area contributed by atoms with Crippen LogP contribution in [-0.2, 0) is 4.74 Å². The van der Waals surface area contributed by atoms with Gasteiger partial charge in [-0.05, 0) is 51.1 Å². The quantitative estimate of drug-likeness (QED) is 0.777. The Morgan fingerprint density at radius 1 is 1.00 bits per heavy atom. The van der Waals surface area contributed by atoms with E-state index in [-0.39, 0.29) is 0 Å². The Kier molecular flexibility index (Phi) is 3.46. The molecule has 0 radical (unpaired) electrons. The normalized spacial score (nSPS) is 32.4. The number of piperidine rings is 1. The van der Waals surface area contributed by atoms with Crippen LogP contribution in [0.25, 0.3) is 0 Å². The van der Waals surface area contributed by atoms with Crippen molar-refractivity contribution in [3.8, 4) is 0 Å². The molecule has 0 aromatic carbocycles. The first-order valence-electron chi connectivity index (χ1n) is 6.97. The summed E-state index contributed by atoms with van der Waals surface area (Å²) in [7, 11) is 0. The average Bonchev–Trinajstić information content (AvgIpc) is 3.02. The van der Waals surface area contributed by atoms with Crippen molar-refractivity contribution in [2.45, 2.75) is 44.2 Å². The number of nitrogens with zero attached hydrogens (tertiary/aromatic N) is 1. The Bertz CT molecular complexity index is 218. The Balaban J connectivity index is 1.55. The van der Waals surface area contributed by atoms with Crippen LogP contribution in [0.2, 0.25) is 0 Å². The van der Waals surface area contributed by atoms with Gasteiger partial charge in [-0.2, -0.15) is 0 Å². The molecule has 1 saturated carbocycles. The molecule has 3 nitrogen and oxygen atoms in total. The second-order valence-electron chi connectivity index (χ2n) is 5.64. The van der Waals surface area contributed by atoms with Crippen LogP contribution in [0.1, 0.15) is 32.1 Å². The minimum absolute atomic E-state index is 0.738. The van der Waals surface area contributed by atoms with Crippen LogP contribution in [0.15, 0.2) is 0 Å². The Hall–Kier alpha value is -0.120. The topological polar surface area (TPSA) is 24.5 Å². The summed E-state index contributed by atoms with van der Waals surface area (Å²) < 4.78 is 5.55. The molecule has 3 fully saturated rings. The third-order valence-corrected chi connectivity index (χ3v) is 4.32. The van der Waals surface area contributed by atoms with Crippen LogP contribution in [0, 0.1) is 5.92 Å². The van der Waals surface area contributed by atoms with Gasteiger partial charge in [0.2, 0.25) is 0 Å². The number of hydrogen-bond donors (Lipinski definition) is 1. The average molecular weight is 224 g/mol. The first kappa shape index (κ1) is 11.0. The highest BCUT2D eigenvalue weighted by Gasteiger charge is 2.36. The molecule has 0 aromatic heterocycles. The molecule has 1 atom stereocenters. The second kappa shape index (κ2) is 5.03. The van der Waals surface area contributed by atoms with Gasteiger partial charge in [-0.3, -0.25) is 4.90 Å². The highest BCUT2D eigenvalue weighted by atomic mass is 16.5. The van der Waals surface area contributed by atoms with E-state index in [1.807, 2.05) is 0 Å². The van der Waals surface area contributed by atoms with Gasteiger partial charge in [0.15, 0.2) is 0 Å². The van der Waals surface area contributed by atoms with Crippen LogP contribution < -0.4 is 5.32 Å². The number of ether oxygens (including phenoxy) is 1. The van der Waals surface area contributed by atoms with Gasteiger partial charge in [0.25, 0.3) is 0 Å². The van der Waals surface area contributed by atoms with Gasteiger partial charge in [-0.25, -0.2) is 0 Å². The maximum Gasteiger partial charge on any atom is 0.0622 e. The number of nitrogens with one attached hydrogen (secondary N) is 1. The summed E-state index contributed by atoms with van der Waals surface area (Å²) in [5.41, 5.74) is 0. The van der Waals surface area contributed by atoms with E-state index < -0.39 is 0 Å². The van der Waals surface area contributed by atoms with Gasteiger partial charge in [0.1, 0.15) is 0 Å². The predicted octanol–water partition coefficient (Wildman–Crippen LogP) is 1.24. The lowest BCUT2D eigenvalue weighted by molar-refractivity contribution is 0.116. The fourth-order valence-electron chi connectivity index (χ4n) is 3.15. The largest absolute Gasteiger partial charge is 0.380 e. The van der Waals surface area contributed by atoms with Crippen molar-refractivity contribution in [3.63, 3.8) is 0 Å². The van der Waals surface area contributed by atoms with Crippen molar-refractivity contribution >= 4 is 0 Å². The molecule has 0 spiro atoms. The third-order valence-electron chi connectivity index (χ3n) is 4.32. The molecular formula is C13H24N2O. The van der Waals surface area contributed by atoms with Gasteiger partial charge < -0.3 is 10.1 Å². The number of rotatable bonds is 4. The Labute approximate surface area is 98.5 Å². The SMILES string of the molecule is C1CC(CN(C2CC2)C2CCOC2)CCN1. The molecule has 0 amide bonds. The molecule has 2 heterocycles. The molecule has 16 heavy (non-hydrogen) atoms. The lowest BCUT2D eigenvalue weighted by Gasteiger charge is -2.33. The van der Waals surface area contributed by atoms with Crippen molar-refractivity contribution in [2.75, 3.05) is 32.8 Å². The van der Waals surface area contributed by atoms with Crippen LogP contribution in [0.4, 0.5) is 0 Å². The molecular weight excluding hydrogens is 200 g/mol. The van der Waals surface area contributed by atoms with Crippen molar-refractivity contribution in [1.82, 2.24) is 10.2 Å². The van der Waals surface area contributed by atoms with Crippen LogP contribution in [-0.4, -0.2) is 49.8 Å². The van der Waals surface area contributed by atoms with Crippen molar-refractivity contribution in [3.05, 3.63) is 0 Å². The minimum atomic E-state index is 0.738. The second-order valence-corrected chi connectivity index (χ2v) is 5.64. The number of hydrogen-bond acceptors (Lipinski definition) is 3. The molecule has 0 aromatic rings. The summed E-state index contributed by atoms with van der Waals surface area (Å²) in [4.78, 5) is 2.78. The fraction of sp³-hybridized carbons (Fsp3) is 1.00. The van der Waals surface area contributed by atoms with E-state index in [9.17, 15) is 0 Å². The molecule has 3 rings (SSSR count). The highest BCUT2D eigenvalue weighted by molar-refractivity contribution is 4.91. The highest BCUT2D eigenvalue weighted by Crippen LogP contribution is 2.32. The monoisotopic (exact) mass is 224 g/mol.